The number of phosphoric acid groups is 1. The van der Waals surface area contributed by atoms with Gasteiger partial charge in [0.25, 0.3) is 0 Å². The van der Waals surface area contributed by atoms with Gasteiger partial charge >= 0.3 is 7.82 Å². The molecule has 0 fully saturated rings. The summed E-state index contributed by atoms with van der Waals surface area (Å²) in [5.41, 5.74) is -0.0974. The second kappa shape index (κ2) is 7.57. The molecule has 0 amide bonds. The number of hydrogen-bond donors (Lipinski definition) is 2. The van der Waals surface area contributed by atoms with Crippen LogP contribution in [-0.4, -0.2) is 27.4 Å². The Hall–Kier alpha value is -2.96. The number of ketones is 1. The Morgan fingerprint density at radius 3 is 2.25 bits per heavy atom. The minimum Gasteiger partial charge on any atom is -0.391 e. The zero-order valence-corrected chi connectivity index (χ0v) is 17.9. The van der Waals surface area contributed by atoms with E-state index in [1.54, 1.807) is 72.8 Å². The predicted octanol–water partition coefficient (Wildman–Crippen LogP) is 3.61. The molecule has 2 unspecified atom stereocenters. The van der Waals surface area contributed by atoms with Gasteiger partial charge in [0.15, 0.2) is 17.1 Å². The fraction of sp³-hybridized carbons (Fsp3) is 0.208. The second-order valence-corrected chi connectivity index (χ2v) is 9.55. The number of hydrogen-bond acceptors (Lipinski definition) is 7. The van der Waals surface area contributed by atoms with Crippen LogP contribution in [-0.2, 0) is 33.1 Å². The number of carbonyl (C=O) groups is 1. The van der Waals surface area contributed by atoms with Gasteiger partial charge in [0.2, 0.25) is 11.6 Å². The molecule has 0 radical (unpaired) electrons. The first kappa shape index (κ1) is 20.9. The lowest BCUT2D eigenvalue weighted by Crippen LogP contribution is -2.57. The normalized spacial score (nSPS) is 23.7. The highest BCUT2D eigenvalue weighted by Gasteiger charge is 2.59. The fourth-order valence-electron chi connectivity index (χ4n) is 4.27. The van der Waals surface area contributed by atoms with Crippen molar-refractivity contribution >= 4 is 13.6 Å². The van der Waals surface area contributed by atoms with Crippen molar-refractivity contribution in [3.63, 3.8) is 0 Å². The number of benzene rings is 3. The lowest BCUT2D eigenvalue weighted by molar-refractivity contribution is -0.197. The molecule has 0 saturated heterocycles. The Bertz CT molecular complexity index is 1210. The molecule has 2 atom stereocenters. The summed E-state index contributed by atoms with van der Waals surface area (Å²) in [6, 6.07) is 22.6. The lowest BCUT2D eigenvalue weighted by atomic mass is 9.79. The van der Waals surface area contributed by atoms with Gasteiger partial charge in [-0.3, -0.25) is 9.32 Å². The molecule has 8 heteroatoms. The monoisotopic (exact) mass is 452 g/mol. The molecule has 2 aliphatic heterocycles. The van der Waals surface area contributed by atoms with E-state index in [-0.39, 0.29) is 30.8 Å². The first-order valence-corrected chi connectivity index (χ1v) is 11.6. The summed E-state index contributed by atoms with van der Waals surface area (Å²) >= 11 is 0. The van der Waals surface area contributed by atoms with Crippen molar-refractivity contribution in [3.8, 4) is 11.5 Å². The molecule has 2 aliphatic rings. The summed E-state index contributed by atoms with van der Waals surface area (Å²) in [5.74, 6) is -3.26. The number of Topliss-reactive ketones (excluding diaryl/α,β-unsaturated/α-hetero) is 1. The van der Waals surface area contributed by atoms with E-state index in [0.717, 1.165) is 0 Å². The van der Waals surface area contributed by atoms with Gasteiger partial charge in [-0.2, -0.15) is 0 Å². The van der Waals surface area contributed by atoms with Gasteiger partial charge in [-0.25, -0.2) is 4.57 Å². The number of phosphoric ester groups is 1. The molecule has 164 valence electrons. The molecule has 2 heterocycles. The topological polar surface area (TPSA) is 102 Å². The number of fused-ring (bicyclic) bond motifs is 1. The van der Waals surface area contributed by atoms with E-state index < -0.39 is 25.0 Å². The van der Waals surface area contributed by atoms with Crippen LogP contribution in [0.25, 0.3) is 0 Å². The van der Waals surface area contributed by atoms with E-state index in [4.69, 9.17) is 13.6 Å². The molecular formula is C24H21O7P. The molecule has 7 nitrogen and oxygen atoms in total. The van der Waals surface area contributed by atoms with Crippen molar-refractivity contribution in [1.29, 1.82) is 0 Å². The average molecular weight is 452 g/mol. The maximum Gasteiger partial charge on any atom is 0.588 e. The van der Waals surface area contributed by atoms with Crippen LogP contribution in [0.15, 0.2) is 78.9 Å². The minimum absolute atomic E-state index is 0.0509. The molecule has 0 saturated carbocycles. The van der Waals surface area contributed by atoms with Gasteiger partial charge in [0.1, 0.15) is 0 Å². The van der Waals surface area contributed by atoms with Crippen LogP contribution in [0.2, 0.25) is 0 Å². The van der Waals surface area contributed by atoms with Crippen molar-refractivity contribution in [1.82, 2.24) is 0 Å². The molecule has 2 bridgehead atoms. The summed E-state index contributed by atoms with van der Waals surface area (Å²) in [4.78, 5) is 13.8. The van der Waals surface area contributed by atoms with Crippen molar-refractivity contribution in [3.05, 3.63) is 95.6 Å². The lowest BCUT2D eigenvalue weighted by Gasteiger charge is -2.36. The molecule has 0 aromatic heterocycles. The van der Waals surface area contributed by atoms with Crippen LogP contribution in [0.4, 0.5) is 0 Å². The average Bonchev–Trinajstić information content (AvgIpc) is 3.04. The Kier molecular flexibility index (Phi) is 4.95. The molecule has 5 rings (SSSR count). The van der Waals surface area contributed by atoms with E-state index in [1.165, 1.54) is 0 Å². The summed E-state index contributed by atoms with van der Waals surface area (Å²) in [5, 5.41) is 21.8. The summed E-state index contributed by atoms with van der Waals surface area (Å²) < 4.78 is 30.1. The van der Waals surface area contributed by atoms with E-state index in [2.05, 4.69) is 0 Å². The molecule has 0 spiro atoms. The third-order valence-electron chi connectivity index (χ3n) is 5.64. The quantitative estimate of drug-likeness (QED) is 0.435. The van der Waals surface area contributed by atoms with Crippen molar-refractivity contribution in [2.45, 2.75) is 30.7 Å². The molecule has 0 aliphatic carbocycles. The van der Waals surface area contributed by atoms with Crippen LogP contribution in [0, 0.1) is 0 Å². The zero-order valence-electron chi connectivity index (χ0n) is 17.0. The van der Waals surface area contributed by atoms with Gasteiger partial charge in [0.05, 0.1) is 0 Å². The minimum atomic E-state index is -4.21. The van der Waals surface area contributed by atoms with Gasteiger partial charge in [-0.15, -0.1) is 0 Å². The second-order valence-electron chi connectivity index (χ2n) is 8.11. The Morgan fingerprint density at radius 1 is 0.906 bits per heavy atom. The highest BCUT2D eigenvalue weighted by molar-refractivity contribution is 7.49. The summed E-state index contributed by atoms with van der Waals surface area (Å²) in [6.07, 6.45) is -0.467. The zero-order chi connectivity index (χ0) is 22.4. The van der Waals surface area contributed by atoms with E-state index >= 15 is 0 Å². The molecule has 3 aromatic carbocycles. The molecular weight excluding hydrogens is 431 g/mol. The number of carbonyl (C=O) groups excluding carboxylic acids is 1. The Balaban J connectivity index is 1.60. The van der Waals surface area contributed by atoms with E-state index in [1.807, 2.05) is 6.07 Å². The van der Waals surface area contributed by atoms with Crippen LogP contribution in [0.1, 0.15) is 16.7 Å². The van der Waals surface area contributed by atoms with E-state index in [9.17, 15) is 19.6 Å². The number of rotatable bonds is 6. The van der Waals surface area contributed by atoms with Crippen molar-refractivity contribution in [2.75, 3.05) is 0 Å². The van der Waals surface area contributed by atoms with Crippen LogP contribution < -0.4 is 9.05 Å². The largest absolute Gasteiger partial charge is 0.588 e. The van der Waals surface area contributed by atoms with Gasteiger partial charge in [-0.1, -0.05) is 72.8 Å². The van der Waals surface area contributed by atoms with Gasteiger partial charge in [-0.05, 0) is 17.2 Å². The van der Waals surface area contributed by atoms with Crippen molar-refractivity contribution < 1.29 is 33.1 Å². The molecule has 3 aromatic rings. The van der Waals surface area contributed by atoms with Gasteiger partial charge < -0.3 is 19.3 Å². The Morgan fingerprint density at radius 2 is 1.56 bits per heavy atom. The number of para-hydroxylation sites is 1. The third-order valence-corrected chi connectivity index (χ3v) is 7.04. The van der Waals surface area contributed by atoms with Crippen LogP contribution >= 0.6 is 7.82 Å². The highest BCUT2D eigenvalue weighted by atomic mass is 31.2. The predicted molar refractivity (Wildman–Crippen MR) is 115 cm³/mol. The fourth-order valence-corrected chi connectivity index (χ4v) is 5.83. The van der Waals surface area contributed by atoms with Crippen LogP contribution in [0.5, 0.6) is 11.5 Å². The maximum absolute atomic E-state index is 13.8. The van der Waals surface area contributed by atoms with Gasteiger partial charge in [0, 0.05) is 24.8 Å². The Labute approximate surface area is 184 Å². The van der Waals surface area contributed by atoms with Crippen LogP contribution in [0.3, 0.4) is 0 Å². The highest BCUT2D eigenvalue weighted by Crippen LogP contribution is 2.65. The smallest absolute Gasteiger partial charge is 0.391 e. The van der Waals surface area contributed by atoms with Crippen molar-refractivity contribution in [2.24, 2.45) is 0 Å². The first-order chi connectivity index (χ1) is 15.3. The maximum atomic E-state index is 13.8. The SMILES string of the molecule is O=C(C(O)(O)Cc1ccccc1)C1(Cc2ccccc2)Cc2cccc3c2OP(=O)(O3)O1. The molecule has 2 N–H and O–H groups in total. The third kappa shape index (κ3) is 3.74. The standard InChI is InChI=1S/C24H21O7P/c25-22(24(26,27)15-18-10-5-2-6-11-18)23(14-17-8-3-1-4-9-17)16-19-12-7-13-20-21(19)30-32(28,29-20)31-23/h1-13,26-27H,14-16H2. The first-order valence-electron chi connectivity index (χ1n) is 10.2. The number of aliphatic hydroxyl groups is 2. The summed E-state index contributed by atoms with van der Waals surface area (Å²) in [7, 11) is -4.21. The molecule has 32 heavy (non-hydrogen) atoms. The summed E-state index contributed by atoms with van der Waals surface area (Å²) in [6.45, 7) is 0. The van der Waals surface area contributed by atoms with E-state index in [0.29, 0.717) is 16.7 Å².